The number of likely N-dealkylation sites (N-methyl/N-ethyl adjacent to an activating group) is 1. The lowest BCUT2D eigenvalue weighted by Crippen LogP contribution is -2.40. The van der Waals surface area contributed by atoms with Crippen molar-refractivity contribution in [2.45, 2.75) is 64.3 Å². The van der Waals surface area contributed by atoms with E-state index < -0.39 is 0 Å². The number of likely N-dealkylation sites (tertiary alicyclic amines) is 1. The molecule has 0 radical (unpaired) electrons. The summed E-state index contributed by atoms with van der Waals surface area (Å²) in [5.41, 5.74) is 8.27. The van der Waals surface area contributed by atoms with Gasteiger partial charge in [0.25, 0.3) is 0 Å². The lowest BCUT2D eigenvalue weighted by Gasteiger charge is -2.32. The number of ether oxygens (including phenoxy) is 2. The first-order valence-electron chi connectivity index (χ1n) is 15.1. The van der Waals surface area contributed by atoms with E-state index in [1.54, 1.807) is 24.4 Å². The third kappa shape index (κ3) is 6.00. The Morgan fingerprint density at radius 3 is 2.57 bits per heavy atom. The van der Waals surface area contributed by atoms with Crippen LogP contribution >= 0.6 is 0 Å². The van der Waals surface area contributed by atoms with Gasteiger partial charge >= 0.3 is 0 Å². The summed E-state index contributed by atoms with van der Waals surface area (Å²) < 4.78 is 18.7. The summed E-state index contributed by atoms with van der Waals surface area (Å²) in [6, 6.07) is 13.1. The molecule has 220 valence electrons. The standard InChI is InChI=1S/C34H39N3O5/c1-21-15-29-32(38)27-13-12-25(18-30(27)42-33(29)31(16-21)40-20-24-9-5-6-14-37(24)2)41-26-11-10-23(36-19-26)17-28(34(35)39)22-7-3-4-8-22/h10-13,15-16,18-19,22,24,28H,3-9,14,17,20H2,1-2H3,(H2,35,39). The van der Waals surface area contributed by atoms with E-state index in [-0.39, 0.29) is 17.3 Å². The third-order valence-electron chi connectivity index (χ3n) is 9.00. The monoisotopic (exact) mass is 569 g/mol. The first-order chi connectivity index (χ1) is 20.4. The lowest BCUT2D eigenvalue weighted by atomic mass is 9.86. The Bertz CT molecular complexity index is 1640. The van der Waals surface area contributed by atoms with Crippen LogP contribution in [0.2, 0.25) is 0 Å². The fourth-order valence-electron chi connectivity index (χ4n) is 6.57. The Kier molecular flexibility index (Phi) is 8.16. The smallest absolute Gasteiger partial charge is 0.221 e. The number of piperidine rings is 1. The first kappa shape index (κ1) is 28.2. The molecule has 42 heavy (non-hydrogen) atoms. The highest BCUT2D eigenvalue weighted by Gasteiger charge is 2.29. The van der Waals surface area contributed by atoms with Crippen LogP contribution in [0.25, 0.3) is 21.9 Å². The van der Waals surface area contributed by atoms with Crippen molar-refractivity contribution in [3.63, 3.8) is 0 Å². The van der Waals surface area contributed by atoms with Gasteiger partial charge in [0, 0.05) is 30.1 Å². The molecule has 2 unspecified atom stereocenters. The Balaban J connectivity index is 1.23. The summed E-state index contributed by atoms with van der Waals surface area (Å²) in [6.07, 6.45) is 10.1. The number of aromatic nitrogens is 1. The maximum atomic E-state index is 13.5. The number of amides is 1. The molecular weight excluding hydrogens is 530 g/mol. The highest BCUT2D eigenvalue weighted by atomic mass is 16.5. The molecule has 6 rings (SSSR count). The van der Waals surface area contributed by atoms with Gasteiger partial charge in [-0.15, -0.1) is 0 Å². The maximum absolute atomic E-state index is 13.5. The van der Waals surface area contributed by atoms with E-state index in [4.69, 9.17) is 19.6 Å². The van der Waals surface area contributed by atoms with Gasteiger partial charge in [0.05, 0.1) is 17.0 Å². The van der Waals surface area contributed by atoms with E-state index in [0.717, 1.165) is 49.9 Å². The molecule has 3 heterocycles. The molecule has 2 N–H and O–H groups in total. The SMILES string of the molecule is Cc1cc(OCC2CCCCN2C)c2oc3cc(Oc4ccc(CC(C(N)=O)C5CCCC5)nc4)ccc3c(=O)c2c1. The van der Waals surface area contributed by atoms with Crippen LogP contribution in [-0.4, -0.2) is 42.0 Å². The second-order valence-electron chi connectivity index (χ2n) is 12.0. The topological polar surface area (TPSA) is 108 Å². The van der Waals surface area contributed by atoms with Gasteiger partial charge in [-0.3, -0.25) is 14.6 Å². The normalized spacial score (nSPS) is 18.9. The van der Waals surface area contributed by atoms with E-state index in [9.17, 15) is 9.59 Å². The van der Waals surface area contributed by atoms with Gasteiger partial charge in [0.1, 0.15) is 23.7 Å². The number of primary amides is 1. The van der Waals surface area contributed by atoms with Gasteiger partial charge in [0.2, 0.25) is 11.3 Å². The van der Waals surface area contributed by atoms with Crippen LogP contribution in [0.4, 0.5) is 0 Å². The molecule has 1 saturated carbocycles. The Labute approximate surface area is 245 Å². The number of fused-ring (bicyclic) bond motifs is 2. The number of nitrogens with zero attached hydrogens (tertiary/aromatic N) is 2. The van der Waals surface area contributed by atoms with E-state index >= 15 is 0 Å². The van der Waals surface area contributed by atoms with Gasteiger partial charge in [-0.2, -0.15) is 0 Å². The predicted molar refractivity (Wildman–Crippen MR) is 163 cm³/mol. The molecule has 1 amide bonds. The fourth-order valence-corrected chi connectivity index (χ4v) is 6.57. The summed E-state index contributed by atoms with van der Waals surface area (Å²) in [5.74, 6) is 1.56. The van der Waals surface area contributed by atoms with Crippen molar-refractivity contribution in [3.05, 3.63) is 70.1 Å². The van der Waals surface area contributed by atoms with Crippen molar-refractivity contribution in [1.29, 1.82) is 0 Å². The zero-order valence-corrected chi connectivity index (χ0v) is 24.4. The quantitative estimate of drug-likeness (QED) is 0.241. The highest BCUT2D eigenvalue weighted by molar-refractivity contribution is 5.93. The van der Waals surface area contributed by atoms with Gasteiger partial charge in [-0.25, -0.2) is 0 Å². The van der Waals surface area contributed by atoms with Gasteiger partial charge in [-0.05, 0) is 94.1 Å². The Morgan fingerprint density at radius 2 is 1.83 bits per heavy atom. The van der Waals surface area contributed by atoms with E-state index in [2.05, 4.69) is 16.9 Å². The van der Waals surface area contributed by atoms with Crippen LogP contribution < -0.4 is 20.6 Å². The number of pyridine rings is 1. The molecule has 2 aromatic carbocycles. The van der Waals surface area contributed by atoms with Crippen molar-refractivity contribution < 1.29 is 18.7 Å². The zero-order chi connectivity index (χ0) is 29.2. The van der Waals surface area contributed by atoms with Crippen LogP contribution in [0, 0.1) is 18.8 Å². The summed E-state index contributed by atoms with van der Waals surface area (Å²) in [5, 5.41) is 0.992. The molecule has 1 saturated heterocycles. The molecule has 2 atom stereocenters. The Morgan fingerprint density at radius 1 is 1.05 bits per heavy atom. The van der Waals surface area contributed by atoms with Crippen LogP contribution in [0.3, 0.4) is 0 Å². The van der Waals surface area contributed by atoms with Crippen LogP contribution in [0.5, 0.6) is 17.2 Å². The van der Waals surface area contributed by atoms with Crippen molar-refractivity contribution in [1.82, 2.24) is 9.88 Å². The van der Waals surface area contributed by atoms with Crippen molar-refractivity contribution >= 4 is 27.8 Å². The minimum Gasteiger partial charge on any atom is -0.488 e. The number of carbonyl (C=O) groups is 1. The predicted octanol–water partition coefficient (Wildman–Crippen LogP) is 6.14. The number of benzene rings is 2. The number of nitrogens with two attached hydrogens (primary N) is 1. The summed E-state index contributed by atoms with van der Waals surface area (Å²) in [6.45, 7) is 3.57. The fraction of sp³-hybridized carbons (Fsp3) is 0.441. The second kappa shape index (κ2) is 12.1. The molecule has 1 aliphatic heterocycles. The van der Waals surface area contributed by atoms with Gasteiger partial charge < -0.3 is 24.5 Å². The third-order valence-corrected chi connectivity index (χ3v) is 9.00. The number of aryl methyl sites for hydroxylation is 1. The van der Waals surface area contributed by atoms with Gasteiger partial charge in [-0.1, -0.05) is 19.3 Å². The van der Waals surface area contributed by atoms with E-state index in [0.29, 0.717) is 64.2 Å². The highest BCUT2D eigenvalue weighted by Crippen LogP contribution is 2.34. The molecule has 2 fully saturated rings. The van der Waals surface area contributed by atoms with Crippen LogP contribution in [-0.2, 0) is 11.2 Å². The molecule has 8 nitrogen and oxygen atoms in total. The molecular formula is C34H39N3O5. The van der Waals surface area contributed by atoms with Crippen LogP contribution in [0.1, 0.15) is 56.2 Å². The van der Waals surface area contributed by atoms with E-state index in [1.807, 2.05) is 31.2 Å². The van der Waals surface area contributed by atoms with E-state index in [1.165, 1.54) is 12.8 Å². The summed E-state index contributed by atoms with van der Waals surface area (Å²) >= 11 is 0. The first-order valence-corrected chi connectivity index (χ1v) is 15.1. The molecule has 2 aromatic heterocycles. The van der Waals surface area contributed by atoms with Crippen LogP contribution in [0.15, 0.2) is 57.9 Å². The Hall–Kier alpha value is -3.91. The van der Waals surface area contributed by atoms with Crippen molar-refractivity contribution in [2.24, 2.45) is 17.6 Å². The lowest BCUT2D eigenvalue weighted by molar-refractivity contribution is -0.123. The van der Waals surface area contributed by atoms with Gasteiger partial charge in [0.15, 0.2) is 11.3 Å². The molecule has 1 aliphatic carbocycles. The zero-order valence-electron chi connectivity index (χ0n) is 24.4. The second-order valence-corrected chi connectivity index (χ2v) is 12.0. The molecule has 2 aliphatic rings. The molecule has 8 heteroatoms. The number of carbonyl (C=O) groups excluding carboxylic acids is 1. The largest absolute Gasteiger partial charge is 0.488 e. The molecule has 4 aromatic rings. The minimum atomic E-state index is -0.251. The number of hydrogen-bond acceptors (Lipinski definition) is 7. The number of hydrogen-bond donors (Lipinski definition) is 1. The maximum Gasteiger partial charge on any atom is 0.221 e. The average molecular weight is 570 g/mol. The number of rotatable bonds is 9. The average Bonchev–Trinajstić information content (AvgIpc) is 3.51. The summed E-state index contributed by atoms with van der Waals surface area (Å²) in [7, 11) is 2.13. The molecule has 0 bridgehead atoms. The van der Waals surface area contributed by atoms with Crippen molar-refractivity contribution in [2.75, 3.05) is 20.2 Å². The minimum absolute atomic E-state index is 0.0987. The molecule has 0 spiro atoms. The summed E-state index contributed by atoms with van der Waals surface area (Å²) in [4.78, 5) is 32.5. The van der Waals surface area contributed by atoms with Crippen molar-refractivity contribution in [3.8, 4) is 17.2 Å².